The van der Waals surface area contributed by atoms with E-state index in [2.05, 4.69) is 88.6 Å². The summed E-state index contributed by atoms with van der Waals surface area (Å²) in [6, 6.07) is 18.7. The van der Waals surface area contributed by atoms with E-state index in [9.17, 15) is 0 Å². The van der Waals surface area contributed by atoms with Gasteiger partial charge in [0.05, 0.1) is 0 Å². The Labute approximate surface area is 117 Å². The molecule has 0 aliphatic heterocycles. The van der Waals surface area contributed by atoms with Gasteiger partial charge in [-0.2, -0.15) is 0 Å². The summed E-state index contributed by atoms with van der Waals surface area (Å²) in [7, 11) is 2.10. The van der Waals surface area contributed by atoms with Gasteiger partial charge in [0.25, 0.3) is 0 Å². The fourth-order valence-corrected chi connectivity index (χ4v) is 1.97. The van der Waals surface area contributed by atoms with E-state index in [4.69, 9.17) is 0 Å². The Kier molecular flexibility index (Phi) is 4.59. The molecule has 0 saturated carbocycles. The molecule has 0 spiro atoms. The summed E-state index contributed by atoms with van der Waals surface area (Å²) < 4.78 is 1.11. The number of halogens is 1. The van der Waals surface area contributed by atoms with Crippen molar-refractivity contribution in [2.45, 2.75) is 0 Å². The Hall–Kier alpha value is -1.54. The zero-order chi connectivity index (χ0) is 12.8. The molecule has 0 amide bonds. The predicted molar refractivity (Wildman–Crippen MR) is 82.9 cm³/mol. The van der Waals surface area contributed by atoms with Crippen LogP contribution in [-0.4, -0.2) is 13.6 Å². The molecule has 0 fully saturated rings. The van der Waals surface area contributed by atoms with Crippen molar-refractivity contribution in [3.05, 3.63) is 70.7 Å². The van der Waals surface area contributed by atoms with Gasteiger partial charge < -0.3 is 4.90 Å². The van der Waals surface area contributed by atoms with Crippen molar-refractivity contribution >= 4 is 27.7 Å². The standard InChI is InChI=1S/C16H16BrN/c1-18(16-7-3-2-4-8-16)13-5-6-14-9-11-15(17)12-10-14/h2-12H,13H2,1H3/b6-5+. The van der Waals surface area contributed by atoms with Crippen molar-refractivity contribution in [1.29, 1.82) is 0 Å². The average Bonchev–Trinajstić information content (AvgIpc) is 2.42. The smallest absolute Gasteiger partial charge is 0.0366 e. The van der Waals surface area contributed by atoms with Gasteiger partial charge in [-0.25, -0.2) is 0 Å². The third kappa shape index (κ3) is 3.74. The number of likely N-dealkylation sites (N-methyl/N-ethyl adjacent to an activating group) is 1. The van der Waals surface area contributed by atoms with Crippen LogP contribution in [0.3, 0.4) is 0 Å². The normalized spacial score (nSPS) is 10.8. The molecule has 92 valence electrons. The predicted octanol–water partition coefficient (Wildman–Crippen LogP) is 4.60. The Morgan fingerprint density at radius 3 is 2.33 bits per heavy atom. The molecule has 2 heteroatoms. The van der Waals surface area contributed by atoms with Crippen LogP contribution in [0, 0.1) is 0 Å². The zero-order valence-corrected chi connectivity index (χ0v) is 12.0. The summed E-state index contributed by atoms with van der Waals surface area (Å²) in [5.41, 5.74) is 2.46. The minimum atomic E-state index is 0.903. The third-order valence-corrected chi connectivity index (χ3v) is 3.29. The van der Waals surface area contributed by atoms with E-state index in [0.29, 0.717) is 0 Å². The van der Waals surface area contributed by atoms with E-state index in [0.717, 1.165) is 11.0 Å². The minimum Gasteiger partial charge on any atom is -0.371 e. The van der Waals surface area contributed by atoms with Crippen LogP contribution in [0.5, 0.6) is 0 Å². The number of para-hydroxylation sites is 1. The quantitative estimate of drug-likeness (QED) is 0.798. The first-order chi connectivity index (χ1) is 8.75. The largest absolute Gasteiger partial charge is 0.371 e. The molecule has 0 saturated heterocycles. The molecule has 0 N–H and O–H groups in total. The number of rotatable bonds is 4. The first kappa shape index (κ1) is 12.9. The fraction of sp³-hybridized carbons (Fsp3) is 0.125. The molecule has 2 rings (SSSR count). The molecule has 0 aliphatic carbocycles. The number of hydrogen-bond donors (Lipinski definition) is 0. The lowest BCUT2D eigenvalue weighted by atomic mass is 10.2. The van der Waals surface area contributed by atoms with Gasteiger partial charge in [0.1, 0.15) is 0 Å². The molecular formula is C16H16BrN. The number of benzene rings is 2. The molecule has 0 aliphatic rings. The second-order valence-corrected chi connectivity index (χ2v) is 5.09. The number of nitrogens with zero attached hydrogens (tertiary/aromatic N) is 1. The van der Waals surface area contributed by atoms with E-state index in [1.165, 1.54) is 11.3 Å². The van der Waals surface area contributed by atoms with Crippen LogP contribution in [0.4, 0.5) is 5.69 Å². The van der Waals surface area contributed by atoms with Crippen molar-refractivity contribution in [2.24, 2.45) is 0 Å². The molecule has 2 aromatic carbocycles. The van der Waals surface area contributed by atoms with Crippen LogP contribution >= 0.6 is 15.9 Å². The zero-order valence-electron chi connectivity index (χ0n) is 10.4. The Bertz CT molecular complexity index is 502. The molecule has 0 atom stereocenters. The Morgan fingerprint density at radius 2 is 1.67 bits per heavy atom. The third-order valence-electron chi connectivity index (χ3n) is 2.76. The van der Waals surface area contributed by atoms with E-state index in [1.807, 2.05) is 6.07 Å². The van der Waals surface area contributed by atoms with E-state index in [-0.39, 0.29) is 0 Å². The van der Waals surface area contributed by atoms with Gasteiger partial charge in [0.2, 0.25) is 0 Å². The Balaban J connectivity index is 1.93. The molecule has 0 bridgehead atoms. The van der Waals surface area contributed by atoms with Crippen LogP contribution in [-0.2, 0) is 0 Å². The number of anilines is 1. The maximum Gasteiger partial charge on any atom is 0.0366 e. The first-order valence-electron chi connectivity index (χ1n) is 5.94. The highest BCUT2D eigenvalue weighted by Crippen LogP contribution is 2.13. The molecular weight excluding hydrogens is 286 g/mol. The minimum absolute atomic E-state index is 0.903. The SMILES string of the molecule is CN(C/C=C/c1ccc(Br)cc1)c1ccccc1. The molecule has 0 unspecified atom stereocenters. The van der Waals surface area contributed by atoms with Gasteiger partial charge >= 0.3 is 0 Å². The molecule has 1 nitrogen and oxygen atoms in total. The van der Waals surface area contributed by atoms with E-state index >= 15 is 0 Å². The second kappa shape index (κ2) is 6.41. The maximum absolute atomic E-state index is 3.44. The maximum atomic E-state index is 3.44. The Morgan fingerprint density at radius 1 is 1.00 bits per heavy atom. The van der Waals surface area contributed by atoms with Crippen LogP contribution in [0.25, 0.3) is 6.08 Å². The first-order valence-corrected chi connectivity index (χ1v) is 6.73. The summed E-state index contributed by atoms with van der Waals surface area (Å²) in [6.07, 6.45) is 4.32. The molecule has 0 heterocycles. The van der Waals surface area contributed by atoms with Crippen molar-refractivity contribution in [3.8, 4) is 0 Å². The van der Waals surface area contributed by atoms with Crippen LogP contribution in [0.1, 0.15) is 5.56 Å². The lowest BCUT2D eigenvalue weighted by molar-refractivity contribution is 1.03. The summed E-state index contributed by atoms with van der Waals surface area (Å²) in [4.78, 5) is 2.22. The van der Waals surface area contributed by atoms with E-state index < -0.39 is 0 Å². The number of hydrogen-bond acceptors (Lipinski definition) is 1. The summed E-state index contributed by atoms with van der Waals surface area (Å²) in [6.45, 7) is 0.903. The topological polar surface area (TPSA) is 3.24 Å². The molecule has 0 radical (unpaired) electrons. The second-order valence-electron chi connectivity index (χ2n) is 4.17. The lowest BCUT2D eigenvalue weighted by Crippen LogP contribution is -2.16. The van der Waals surface area contributed by atoms with Crippen molar-refractivity contribution in [1.82, 2.24) is 0 Å². The molecule has 0 aromatic heterocycles. The van der Waals surface area contributed by atoms with E-state index in [1.54, 1.807) is 0 Å². The summed E-state index contributed by atoms with van der Waals surface area (Å²) >= 11 is 3.44. The van der Waals surface area contributed by atoms with Crippen LogP contribution < -0.4 is 4.90 Å². The lowest BCUT2D eigenvalue weighted by Gasteiger charge is -2.16. The van der Waals surface area contributed by atoms with Gasteiger partial charge in [0.15, 0.2) is 0 Å². The monoisotopic (exact) mass is 301 g/mol. The highest BCUT2D eigenvalue weighted by atomic mass is 79.9. The summed E-state index contributed by atoms with van der Waals surface area (Å²) in [5.74, 6) is 0. The molecule has 2 aromatic rings. The fourth-order valence-electron chi connectivity index (χ4n) is 1.71. The van der Waals surface area contributed by atoms with Crippen molar-refractivity contribution in [3.63, 3.8) is 0 Å². The van der Waals surface area contributed by atoms with Gasteiger partial charge in [-0.3, -0.25) is 0 Å². The average molecular weight is 302 g/mol. The summed E-state index contributed by atoms with van der Waals surface area (Å²) in [5, 5.41) is 0. The van der Waals surface area contributed by atoms with Gasteiger partial charge in [0, 0.05) is 23.8 Å². The van der Waals surface area contributed by atoms with Gasteiger partial charge in [-0.05, 0) is 29.8 Å². The van der Waals surface area contributed by atoms with Crippen LogP contribution in [0.15, 0.2) is 65.1 Å². The van der Waals surface area contributed by atoms with Gasteiger partial charge in [-0.15, -0.1) is 0 Å². The highest BCUT2D eigenvalue weighted by molar-refractivity contribution is 9.10. The van der Waals surface area contributed by atoms with Crippen LogP contribution in [0.2, 0.25) is 0 Å². The molecule has 18 heavy (non-hydrogen) atoms. The highest BCUT2D eigenvalue weighted by Gasteiger charge is 1.95. The van der Waals surface area contributed by atoms with Gasteiger partial charge in [-0.1, -0.05) is 58.4 Å². The van der Waals surface area contributed by atoms with Crippen molar-refractivity contribution in [2.75, 3.05) is 18.5 Å². The van der Waals surface area contributed by atoms with Crippen molar-refractivity contribution < 1.29 is 0 Å².